The van der Waals surface area contributed by atoms with Crippen molar-refractivity contribution < 1.29 is 18.3 Å². The third kappa shape index (κ3) is 3.46. The first-order valence-corrected chi connectivity index (χ1v) is 6.29. The van der Waals surface area contributed by atoms with Crippen LogP contribution in [-0.2, 0) is 0 Å². The van der Waals surface area contributed by atoms with Crippen LogP contribution in [-0.4, -0.2) is 12.4 Å². The summed E-state index contributed by atoms with van der Waals surface area (Å²) in [7, 11) is 0. The topological polar surface area (TPSA) is 26.3 Å². The lowest BCUT2D eigenvalue weighted by Gasteiger charge is -2.07. The van der Waals surface area contributed by atoms with Gasteiger partial charge in [-0.05, 0) is 36.4 Å². The molecule has 0 aliphatic heterocycles. The molecule has 0 amide bonds. The first-order chi connectivity index (χ1) is 9.47. The van der Waals surface area contributed by atoms with Crippen molar-refractivity contribution in [1.29, 1.82) is 0 Å². The number of Topliss-reactive ketones (excluding diaryl/α,β-unsaturated/α-hetero) is 1. The summed E-state index contributed by atoms with van der Waals surface area (Å²) in [6.45, 7) is -0.341. The molecule has 0 bridgehead atoms. The first-order valence-electron chi connectivity index (χ1n) is 5.53. The van der Waals surface area contributed by atoms with E-state index in [1.165, 1.54) is 18.2 Å². The average molecular weight is 317 g/mol. The number of rotatable bonds is 4. The van der Waals surface area contributed by atoms with Crippen molar-refractivity contribution in [3.8, 4) is 5.75 Å². The molecule has 20 heavy (non-hydrogen) atoms. The Morgan fingerprint density at radius 2 is 1.80 bits per heavy atom. The molecule has 0 unspecified atom stereocenters. The fourth-order valence-corrected chi connectivity index (χ4v) is 1.95. The smallest absolute Gasteiger partial charge is 0.200 e. The highest BCUT2D eigenvalue weighted by molar-refractivity contribution is 6.35. The monoisotopic (exact) mass is 316 g/mol. The largest absolute Gasteiger partial charge is 0.484 e. The maximum atomic E-state index is 13.0. The van der Waals surface area contributed by atoms with Gasteiger partial charge >= 0.3 is 0 Å². The molecule has 0 heterocycles. The molecular formula is C14H8Cl2F2O2. The number of carbonyl (C=O) groups excluding carboxylic acids is 1. The molecule has 0 saturated carbocycles. The molecule has 6 heteroatoms. The first kappa shape index (κ1) is 14.8. The maximum Gasteiger partial charge on any atom is 0.200 e. The van der Waals surface area contributed by atoms with Crippen molar-refractivity contribution >= 4 is 29.0 Å². The van der Waals surface area contributed by atoms with Crippen molar-refractivity contribution in [3.05, 3.63) is 63.6 Å². The van der Waals surface area contributed by atoms with Gasteiger partial charge in [0, 0.05) is 10.6 Å². The van der Waals surface area contributed by atoms with Gasteiger partial charge in [0.15, 0.2) is 24.0 Å². The molecule has 0 radical (unpaired) electrons. The average Bonchev–Trinajstić information content (AvgIpc) is 2.40. The molecule has 0 aromatic heterocycles. The van der Waals surface area contributed by atoms with Gasteiger partial charge in [0.2, 0.25) is 0 Å². The Morgan fingerprint density at radius 3 is 2.45 bits per heavy atom. The van der Waals surface area contributed by atoms with E-state index >= 15 is 0 Å². The van der Waals surface area contributed by atoms with E-state index < -0.39 is 17.4 Å². The quantitative estimate of drug-likeness (QED) is 0.774. The number of halogens is 4. The molecule has 0 fully saturated rings. The Hall–Kier alpha value is -1.65. The molecule has 0 aliphatic rings. The van der Waals surface area contributed by atoms with Crippen molar-refractivity contribution in [2.75, 3.05) is 6.61 Å². The van der Waals surface area contributed by atoms with E-state index in [0.717, 1.165) is 12.1 Å². The number of benzene rings is 2. The second kappa shape index (κ2) is 6.20. The van der Waals surface area contributed by atoms with Crippen molar-refractivity contribution in [3.63, 3.8) is 0 Å². The lowest BCUT2D eigenvalue weighted by molar-refractivity contribution is 0.0921. The van der Waals surface area contributed by atoms with Crippen LogP contribution in [0.25, 0.3) is 0 Å². The Kier molecular flexibility index (Phi) is 4.57. The summed E-state index contributed by atoms with van der Waals surface area (Å²) < 4.78 is 31.0. The molecular weight excluding hydrogens is 309 g/mol. The van der Waals surface area contributed by atoms with Gasteiger partial charge in [-0.25, -0.2) is 8.78 Å². The molecule has 2 aromatic carbocycles. The van der Waals surface area contributed by atoms with Gasteiger partial charge in [-0.2, -0.15) is 0 Å². The second-order valence-electron chi connectivity index (χ2n) is 3.92. The summed E-state index contributed by atoms with van der Waals surface area (Å²) in [5.41, 5.74) is 0.0222. The van der Waals surface area contributed by atoms with Gasteiger partial charge in [0.25, 0.3) is 0 Å². The van der Waals surface area contributed by atoms with Crippen molar-refractivity contribution in [2.24, 2.45) is 0 Å². The van der Waals surface area contributed by atoms with E-state index in [1.807, 2.05) is 0 Å². The van der Waals surface area contributed by atoms with Gasteiger partial charge in [0.1, 0.15) is 5.75 Å². The minimum atomic E-state index is -1.08. The number of hydrogen-bond acceptors (Lipinski definition) is 2. The van der Waals surface area contributed by atoms with E-state index in [9.17, 15) is 13.6 Å². The van der Waals surface area contributed by atoms with E-state index in [1.54, 1.807) is 6.07 Å². The predicted octanol–water partition coefficient (Wildman–Crippen LogP) is 4.53. The second-order valence-corrected chi connectivity index (χ2v) is 4.76. The van der Waals surface area contributed by atoms with Crippen LogP contribution in [0, 0.1) is 11.6 Å². The standard InChI is InChI=1S/C14H8Cl2F2O2/c15-9-2-4-14(10(16)6-9)20-7-13(19)8-1-3-11(17)12(18)5-8/h1-6H,7H2. The predicted molar refractivity (Wildman–Crippen MR) is 72.6 cm³/mol. The van der Waals surface area contributed by atoms with E-state index in [2.05, 4.69) is 0 Å². The molecule has 0 aliphatic carbocycles. The summed E-state index contributed by atoms with van der Waals surface area (Å²) >= 11 is 11.6. The van der Waals surface area contributed by atoms with Crippen molar-refractivity contribution in [2.45, 2.75) is 0 Å². The molecule has 2 nitrogen and oxygen atoms in total. The zero-order valence-electron chi connectivity index (χ0n) is 10.00. The van der Waals surface area contributed by atoms with Crippen LogP contribution in [0.15, 0.2) is 36.4 Å². The number of hydrogen-bond donors (Lipinski definition) is 0. The highest BCUT2D eigenvalue weighted by Crippen LogP contribution is 2.27. The fourth-order valence-electron chi connectivity index (χ4n) is 1.49. The molecule has 0 saturated heterocycles. The Balaban J connectivity index is 2.06. The molecule has 2 rings (SSSR count). The Morgan fingerprint density at radius 1 is 1.05 bits per heavy atom. The highest BCUT2D eigenvalue weighted by Gasteiger charge is 2.11. The Labute approximate surface area is 123 Å². The molecule has 0 N–H and O–H groups in total. The summed E-state index contributed by atoms with van der Waals surface area (Å²) in [4.78, 5) is 11.8. The normalized spacial score (nSPS) is 10.4. The van der Waals surface area contributed by atoms with E-state index in [0.29, 0.717) is 5.02 Å². The van der Waals surface area contributed by atoms with Gasteiger partial charge in [0.05, 0.1) is 5.02 Å². The summed E-state index contributed by atoms with van der Waals surface area (Å²) in [6.07, 6.45) is 0. The molecule has 0 atom stereocenters. The summed E-state index contributed by atoms with van der Waals surface area (Å²) in [5.74, 6) is -2.30. The van der Waals surface area contributed by atoms with Crippen LogP contribution < -0.4 is 4.74 Å². The van der Waals surface area contributed by atoms with Crippen LogP contribution in [0.4, 0.5) is 8.78 Å². The lowest BCUT2D eigenvalue weighted by atomic mass is 10.1. The zero-order valence-corrected chi connectivity index (χ0v) is 11.5. The minimum absolute atomic E-state index is 0.0222. The van der Waals surface area contributed by atoms with Gasteiger partial charge < -0.3 is 4.74 Å². The van der Waals surface area contributed by atoms with Crippen LogP contribution >= 0.6 is 23.2 Å². The third-order valence-corrected chi connectivity index (χ3v) is 3.02. The third-order valence-electron chi connectivity index (χ3n) is 2.49. The summed E-state index contributed by atoms with van der Waals surface area (Å²) in [6, 6.07) is 7.45. The number of ether oxygens (including phenoxy) is 1. The number of carbonyl (C=O) groups is 1. The maximum absolute atomic E-state index is 13.0. The summed E-state index contributed by atoms with van der Waals surface area (Å²) in [5, 5.41) is 0.699. The highest BCUT2D eigenvalue weighted by atomic mass is 35.5. The van der Waals surface area contributed by atoms with Gasteiger partial charge in [-0.15, -0.1) is 0 Å². The minimum Gasteiger partial charge on any atom is -0.484 e. The van der Waals surface area contributed by atoms with Crippen LogP contribution in [0.1, 0.15) is 10.4 Å². The fraction of sp³-hybridized carbons (Fsp3) is 0.0714. The van der Waals surface area contributed by atoms with Crippen LogP contribution in [0.5, 0.6) is 5.75 Å². The van der Waals surface area contributed by atoms with Crippen molar-refractivity contribution in [1.82, 2.24) is 0 Å². The van der Waals surface area contributed by atoms with E-state index in [4.69, 9.17) is 27.9 Å². The molecule has 0 spiro atoms. The van der Waals surface area contributed by atoms with Gasteiger partial charge in [-0.1, -0.05) is 23.2 Å². The molecule has 2 aromatic rings. The van der Waals surface area contributed by atoms with Gasteiger partial charge in [-0.3, -0.25) is 4.79 Å². The van der Waals surface area contributed by atoms with E-state index in [-0.39, 0.29) is 22.9 Å². The Bertz CT molecular complexity index is 660. The molecule has 104 valence electrons. The van der Waals surface area contributed by atoms with Crippen LogP contribution in [0.3, 0.4) is 0 Å². The number of ketones is 1. The lowest BCUT2D eigenvalue weighted by Crippen LogP contribution is -2.12. The SMILES string of the molecule is O=C(COc1ccc(Cl)cc1Cl)c1ccc(F)c(F)c1. The zero-order chi connectivity index (χ0) is 14.7. The van der Waals surface area contributed by atoms with Crippen LogP contribution in [0.2, 0.25) is 10.0 Å².